The summed E-state index contributed by atoms with van der Waals surface area (Å²) < 4.78 is 15.4. The third kappa shape index (κ3) is 3.93. The number of thioether (sulfide) groups is 1. The molecule has 32 heavy (non-hydrogen) atoms. The molecule has 0 radical (unpaired) electrons. The highest BCUT2D eigenvalue weighted by Crippen LogP contribution is 2.40. The number of rotatable bonds is 3. The molecule has 2 aliphatic heterocycles. The highest BCUT2D eigenvalue weighted by molar-refractivity contribution is 7.98. The largest absolute Gasteiger partial charge is 0.324 e. The molecule has 1 fully saturated rings. The predicted octanol–water partition coefficient (Wildman–Crippen LogP) is 5.03. The van der Waals surface area contributed by atoms with Crippen LogP contribution in [0.5, 0.6) is 0 Å². The van der Waals surface area contributed by atoms with Gasteiger partial charge in [-0.3, -0.25) is 4.79 Å². The predicted molar refractivity (Wildman–Crippen MR) is 126 cm³/mol. The van der Waals surface area contributed by atoms with E-state index in [1.54, 1.807) is 34.9 Å². The van der Waals surface area contributed by atoms with Crippen LogP contribution in [0.15, 0.2) is 70.4 Å². The van der Waals surface area contributed by atoms with Crippen LogP contribution in [-0.2, 0) is 6.54 Å². The van der Waals surface area contributed by atoms with Crippen LogP contribution in [0, 0.1) is 11.7 Å². The van der Waals surface area contributed by atoms with E-state index in [1.165, 1.54) is 17.0 Å². The van der Waals surface area contributed by atoms with Crippen LogP contribution >= 0.6 is 11.8 Å². The minimum atomic E-state index is -0.385. The molecule has 5 rings (SSSR count). The van der Waals surface area contributed by atoms with Crippen molar-refractivity contribution in [3.8, 4) is 11.1 Å². The van der Waals surface area contributed by atoms with Crippen molar-refractivity contribution < 1.29 is 9.18 Å². The van der Waals surface area contributed by atoms with Crippen LogP contribution in [0.3, 0.4) is 0 Å². The Hall–Kier alpha value is -3.06. The molecule has 5 nitrogen and oxygen atoms in total. The quantitative estimate of drug-likeness (QED) is 0.571. The van der Waals surface area contributed by atoms with Gasteiger partial charge in [0.2, 0.25) is 0 Å². The lowest BCUT2D eigenvalue weighted by Gasteiger charge is -2.43. The van der Waals surface area contributed by atoms with Gasteiger partial charge >= 0.3 is 6.03 Å². The molecule has 1 N–H and O–H groups in total. The monoisotopic (exact) mass is 449 g/mol. The summed E-state index contributed by atoms with van der Waals surface area (Å²) in [4.78, 5) is 28.6. The van der Waals surface area contributed by atoms with Gasteiger partial charge in [-0.25, -0.2) is 9.18 Å². The second kappa shape index (κ2) is 8.47. The zero-order chi connectivity index (χ0) is 22.2. The number of nitrogens with one attached hydrogen (secondary N) is 1. The molecule has 7 heteroatoms. The molecule has 2 aromatic carbocycles. The third-order valence-electron chi connectivity index (χ3n) is 6.35. The molecular formula is C25H24FN3O2S. The summed E-state index contributed by atoms with van der Waals surface area (Å²) in [5.74, 6) is -0.0973. The van der Waals surface area contributed by atoms with E-state index in [4.69, 9.17) is 0 Å². The summed E-state index contributed by atoms with van der Waals surface area (Å²) in [7, 11) is 0. The standard InChI is InChI=1S/C25H24FN3O2S/c1-32-21-7-5-17(6-8-21)22-9-10-23(30)29-14-16-11-18(24(22)29)15-28(13-16)25(31)27-20-4-2-3-19(26)12-20/h2-10,12,16,18H,11,13-15H2,1H3,(H,27,31)/t16-,18-/m0/s1. The van der Waals surface area contributed by atoms with Crippen molar-refractivity contribution in [2.45, 2.75) is 23.8 Å². The molecule has 164 valence electrons. The molecule has 3 aromatic rings. The highest BCUT2D eigenvalue weighted by atomic mass is 32.2. The number of halogens is 1. The molecular weight excluding hydrogens is 425 g/mol. The number of nitrogens with zero attached hydrogens (tertiary/aromatic N) is 2. The summed E-state index contributed by atoms with van der Waals surface area (Å²) in [5.41, 5.74) is 3.59. The van der Waals surface area contributed by atoms with Crippen molar-refractivity contribution in [2.24, 2.45) is 5.92 Å². The normalized spacial score (nSPS) is 19.4. The number of amides is 2. The summed E-state index contributed by atoms with van der Waals surface area (Å²) in [6.45, 7) is 1.71. The minimum Gasteiger partial charge on any atom is -0.324 e. The Morgan fingerprint density at radius 2 is 1.88 bits per heavy atom. The molecule has 3 heterocycles. The van der Waals surface area contributed by atoms with E-state index in [2.05, 4.69) is 29.6 Å². The van der Waals surface area contributed by atoms with Gasteiger partial charge in [-0.1, -0.05) is 18.2 Å². The van der Waals surface area contributed by atoms with Gasteiger partial charge in [0.05, 0.1) is 0 Å². The lowest BCUT2D eigenvalue weighted by molar-refractivity contribution is 0.140. The van der Waals surface area contributed by atoms with Gasteiger partial charge in [0.15, 0.2) is 0 Å². The second-order valence-corrected chi connectivity index (χ2v) is 9.33. The average molecular weight is 450 g/mol. The maximum atomic E-state index is 13.5. The van der Waals surface area contributed by atoms with Crippen molar-refractivity contribution in [1.29, 1.82) is 0 Å². The Kier molecular flexibility index (Phi) is 5.51. The maximum absolute atomic E-state index is 13.5. The number of hydrogen-bond acceptors (Lipinski definition) is 3. The van der Waals surface area contributed by atoms with E-state index >= 15 is 0 Å². The Balaban J connectivity index is 1.45. The van der Waals surface area contributed by atoms with Crippen LogP contribution < -0.4 is 10.9 Å². The van der Waals surface area contributed by atoms with E-state index in [1.807, 2.05) is 16.9 Å². The summed E-state index contributed by atoms with van der Waals surface area (Å²) in [5, 5.41) is 2.81. The first-order chi connectivity index (χ1) is 15.5. The fourth-order valence-electron chi connectivity index (χ4n) is 4.96. The molecule has 0 unspecified atom stereocenters. The summed E-state index contributed by atoms with van der Waals surface area (Å²) in [6, 6.07) is 17.6. The van der Waals surface area contributed by atoms with Crippen LogP contribution in [-0.4, -0.2) is 34.8 Å². The summed E-state index contributed by atoms with van der Waals surface area (Å²) >= 11 is 1.69. The molecule has 2 aliphatic rings. The average Bonchev–Trinajstić information content (AvgIpc) is 2.80. The van der Waals surface area contributed by atoms with E-state index in [0.717, 1.165) is 23.2 Å². The Morgan fingerprint density at radius 1 is 1.06 bits per heavy atom. The molecule has 0 spiro atoms. The maximum Gasteiger partial charge on any atom is 0.321 e. The Bertz CT molecular complexity index is 1220. The number of pyridine rings is 1. The number of hydrogen-bond donors (Lipinski definition) is 1. The number of benzene rings is 2. The number of fused-ring (bicyclic) bond motifs is 4. The van der Waals surface area contributed by atoms with Gasteiger partial charge in [-0.15, -0.1) is 11.8 Å². The van der Waals surface area contributed by atoms with Gasteiger partial charge in [0.25, 0.3) is 5.56 Å². The van der Waals surface area contributed by atoms with E-state index in [-0.39, 0.29) is 29.2 Å². The number of carbonyl (C=O) groups is 1. The van der Waals surface area contributed by atoms with Crippen molar-refractivity contribution in [1.82, 2.24) is 9.47 Å². The first-order valence-corrected chi connectivity index (χ1v) is 11.9. The highest BCUT2D eigenvalue weighted by Gasteiger charge is 2.37. The van der Waals surface area contributed by atoms with Gasteiger partial charge in [0, 0.05) is 53.5 Å². The van der Waals surface area contributed by atoms with E-state index in [9.17, 15) is 14.0 Å². The SMILES string of the molecule is CSc1ccc(-c2ccc(=O)n3c2[C@H]2C[C@@H](CN(C(=O)Nc4cccc(F)c4)C2)C3)cc1. The van der Waals surface area contributed by atoms with Gasteiger partial charge in [-0.05, 0) is 60.6 Å². The van der Waals surface area contributed by atoms with Gasteiger partial charge in [-0.2, -0.15) is 0 Å². The molecule has 0 aliphatic carbocycles. The van der Waals surface area contributed by atoms with Crippen molar-refractivity contribution in [3.05, 3.63) is 82.5 Å². The topological polar surface area (TPSA) is 54.3 Å². The lowest BCUT2D eigenvalue weighted by Crippen LogP contribution is -2.50. The summed E-state index contributed by atoms with van der Waals surface area (Å²) in [6.07, 6.45) is 2.99. The minimum absolute atomic E-state index is 0.0110. The lowest BCUT2D eigenvalue weighted by atomic mass is 9.80. The van der Waals surface area contributed by atoms with Crippen LogP contribution in [0.25, 0.3) is 11.1 Å². The third-order valence-corrected chi connectivity index (χ3v) is 7.10. The molecule has 2 amide bonds. The van der Waals surface area contributed by atoms with E-state index < -0.39 is 0 Å². The van der Waals surface area contributed by atoms with Crippen molar-refractivity contribution in [3.63, 3.8) is 0 Å². The molecule has 2 bridgehead atoms. The molecule has 2 atom stereocenters. The van der Waals surface area contributed by atoms with Gasteiger partial charge < -0.3 is 14.8 Å². The number of likely N-dealkylation sites (tertiary alicyclic amines) is 1. The van der Waals surface area contributed by atoms with Crippen LogP contribution in [0.1, 0.15) is 18.0 Å². The number of carbonyl (C=O) groups excluding carboxylic acids is 1. The zero-order valence-corrected chi connectivity index (χ0v) is 18.6. The van der Waals surface area contributed by atoms with Crippen LogP contribution in [0.4, 0.5) is 14.9 Å². The van der Waals surface area contributed by atoms with Crippen molar-refractivity contribution >= 4 is 23.5 Å². The number of piperidine rings is 1. The van der Waals surface area contributed by atoms with Crippen LogP contribution in [0.2, 0.25) is 0 Å². The Labute approximate surface area is 190 Å². The molecule has 0 saturated carbocycles. The Morgan fingerprint density at radius 3 is 2.62 bits per heavy atom. The van der Waals surface area contributed by atoms with Crippen molar-refractivity contribution in [2.75, 3.05) is 24.7 Å². The van der Waals surface area contributed by atoms with Gasteiger partial charge in [0.1, 0.15) is 5.82 Å². The second-order valence-electron chi connectivity index (χ2n) is 8.45. The molecule has 1 saturated heterocycles. The fraction of sp³-hybridized carbons (Fsp3) is 0.280. The smallest absolute Gasteiger partial charge is 0.321 e. The number of aromatic nitrogens is 1. The zero-order valence-electron chi connectivity index (χ0n) is 17.8. The first kappa shape index (κ1) is 20.8. The van der Waals surface area contributed by atoms with E-state index in [0.29, 0.717) is 25.3 Å². The first-order valence-electron chi connectivity index (χ1n) is 10.7. The molecule has 1 aromatic heterocycles. The fourth-order valence-corrected chi connectivity index (χ4v) is 5.37. The number of anilines is 1. The number of urea groups is 1.